The zero-order valence-electron chi connectivity index (χ0n) is 11.0. The first-order valence-electron chi connectivity index (χ1n) is 6.24. The number of aromatic nitrogens is 5. The molecule has 0 unspecified atom stereocenters. The highest BCUT2D eigenvalue weighted by molar-refractivity contribution is 5.70. The van der Waals surface area contributed by atoms with Crippen LogP contribution in [0.1, 0.15) is 11.7 Å². The maximum absolute atomic E-state index is 5.90. The SMILES string of the molecule is Cc1noc(CCn2cncc2-c2cccnc2N)n1. The Morgan fingerprint density at radius 2 is 2.30 bits per heavy atom. The van der Waals surface area contributed by atoms with Crippen molar-refractivity contribution in [3.63, 3.8) is 0 Å². The zero-order chi connectivity index (χ0) is 13.9. The highest BCUT2D eigenvalue weighted by atomic mass is 16.5. The molecule has 0 saturated heterocycles. The van der Waals surface area contributed by atoms with E-state index >= 15 is 0 Å². The van der Waals surface area contributed by atoms with Gasteiger partial charge in [-0.1, -0.05) is 5.16 Å². The van der Waals surface area contributed by atoms with E-state index in [1.165, 1.54) is 0 Å². The minimum Gasteiger partial charge on any atom is -0.383 e. The van der Waals surface area contributed by atoms with E-state index in [0.29, 0.717) is 30.5 Å². The Balaban J connectivity index is 1.82. The van der Waals surface area contributed by atoms with Crippen LogP contribution in [0.5, 0.6) is 0 Å². The quantitative estimate of drug-likeness (QED) is 0.771. The molecule has 7 nitrogen and oxygen atoms in total. The highest BCUT2D eigenvalue weighted by Crippen LogP contribution is 2.23. The topological polar surface area (TPSA) is 95.7 Å². The molecule has 0 radical (unpaired) electrons. The van der Waals surface area contributed by atoms with Crippen LogP contribution in [0.3, 0.4) is 0 Å². The van der Waals surface area contributed by atoms with Crippen LogP contribution in [0.2, 0.25) is 0 Å². The zero-order valence-corrected chi connectivity index (χ0v) is 11.0. The number of anilines is 1. The van der Waals surface area contributed by atoms with E-state index in [1.807, 2.05) is 16.7 Å². The molecule has 0 aliphatic heterocycles. The first kappa shape index (κ1) is 12.3. The number of nitrogen functional groups attached to an aromatic ring is 1. The van der Waals surface area contributed by atoms with Crippen LogP contribution >= 0.6 is 0 Å². The van der Waals surface area contributed by atoms with Crippen molar-refractivity contribution in [1.82, 2.24) is 24.7 Å². The third kappa shape index (κ3) is 2.37. The summed E-state index contributed by atoms with van der Waals surface area (Å²) in [5, 5.41) is 3.77. The average molecular weight is 270 g/mol. The number of aryl methyl sites for hydroxylation is 3. The molecule has 20 heavy (non-hydrogen) atoms. The van der Waals surface area contributed by atoms with Crippen molar-refractivity contribution in [2.45, 2.75) is 19.9 Å². The summed E-state index contributed by atoms with van der Waals surface area (Å²) < 4.78 is 7.09. The van der Waals surface area contributed by atoms with Crippen molar-refractivity contribution in [2.75, 3.05) is 5.73 Å². The van der Waals surface area contributed by atoms with Crippen molar-refractivity contribution in [2.24, 2.45) is 0 Å². The van der Waals surface area contributed by atoms with Crippen molar-refractivity contribution in [3.8, 4) is 11.3 Å². The van der Waals surface area contributed by atoms with Crippen molar-refractivity contribution >= 4 is 5.82 Å². The summed E-state index contributed by atoms with van der Waals surface area (Å²) in [4.78, 5) is 12.4. The van der Waals surface area contributed by atoms with E-state index in [4.69, 9.17) is 10.3 Å². The largest absolute Gasteiger partial charge is 0.383 e. The molecule has 0 fully saturated rings. The average Bonchev–Trinajstić information content (AvgIpc) is 3.06. The molecule has 0 atom stereocenters. The molecular formula is C13H14N6O. The van der Waals surface area contributed by atoms with Crippen LogP contribution in [0.15, 0.2) is 35.4 Å². The van der Waals surface area contributed by atoms with Crippen LogP contribution in [0, 0.1) is 6.92 Å². The second kappa shape index (κ2) is 5.12. The highest BCUT2D eigenvalue weighted by Gasteiger charge is 2.10. The molecular weight excluding hydrogens is 256 g/mol. The molecule has 0 amide bonds. The Hall–Kier alpha value is -2.70. The fourth-order valence-electron chi connectivity index (χ4n) is 2.01. The maximum Gasteiger partial charge on any atom is 0.228 e. The van der Waals surface area contributed by atoms with Gasteiger partial charge in [-0.25, -0.2) is 9.97 Å². The lowest BCUT2D eigenvalue weighted by Crippen LogP contribution is -2.04. The Morgan fingerprint density at radius 3 is 3.05 bits per heavy atom. The third-order valence-corrected chi connectivity index (χ3v) is 2.96. The molecule has 0 aliphatic carbocycles. The van der Waals surface area contributed by atoms with Crippen LogP contribution in [-0.4, -0.2) is 24.7 Å². The molecule has 3 aromatic heterocycles. The second-order valence-electron chi connectivity index (χ2n) is 4.39. The molecule has 0 saturated carbocycles. The van der Waals surface area contributed by atoms with E-state index in [0.717, 1.165) is 11.3 Å². The van der Waals surface area contributed by atoms with E-state index in [-0.39, 0.29) is 0 Å². The lowest BCUT2D eigenvalue weighted by molar-refractivity contribution is 0.368. The smallest absolute Gasteiger partial charge is 0.228 e. The van der Waals surface area contributed by atoms with Gasteiger partial charge in [0.1, 0.15) is 5.82 Å². The summed E-state index contributed by atoms with van der Waals surface area (Å²) in [5.41, 5.74) is 7.69. The number of pyridine rings is 1. The van der Waals surface area contributed by atoms with Gasteiger partial charge < -0.3 is 14.8 Å². The minimum atomic E-state index is 0.489. The standard InChI is InChI=1S/C13H14N6O/c1-9-17-12(20-18-9)4-6-19-8-15-7-11(19)10-3-2-5-16-13(10)14/h2-3,5,7-8H,4,6H2,1H3,(H2,14,16). The summed E-state index contributed by atoms with van der Waals surface area (Å²) in [7, 11) is 0. The number of imidazole rings is 1. The van der Waals surface area contributed by atoms with Crippen LogP contribution in [-0.2, 0) is 13.0 Å². The number of hydrogen-bond acceptors (Lipinski definition) is 6. The van der Waals surface area contributed by atoms with Gasteiger partial charge in [0, 0.05) is 24.7 Å². The minimum absolute atomic E-state index is 0.489. The monoisotopic (exact) mass is 270 g/mol. The van der Waals surface area contributed by atoms with Crippen molar-refractivity contribution in [3.05, 3.63) is 42.6 Å². The summed E-state index contributed by atoms with van der Waals surface area (Å²) in [5.74, 6) is 1.74. The molecule has 0 aromatic carbocycles. The molecule has 0 spiro atoms. The molecule has 0 bridgehead atoms. The van der Waals surface area contributed by atoms with E-state index in [1.54, 1.807) is 25.6 Å². The third-order valence-electron chi connectivity index (χ3n) is 2.96. The molecule has 7 heteroatoms. The van der Waals surface area contributed by atoms with E-state index < -0.39 is 0 Å². The Bertz CT molecular complexity index is 717. The van der Waals surface area contributed by atoms with Crippen LogP contribution in [0.25, 0.3) is 11.3 Å². The van der Waals surface area contributed by atoms with Gasteiger partial charge in [0.05, 0.1) is 18.2 Å². The Kier molecular flexibility index (Phi) is 3.16. The first-order valence-corrected chi connectivity index (χ1v) is 6.24. The van der Waals surface area contributed by atoms with Gasteiger partial charge in [0.25, 0.3) is 0 Å². The van der Waals surface area contributed by atoms with Gasteiger partial charge >= 0.3 is 0 Å². The van der Waals surface area contributed by atoms with Gasteiger partial charge in [-0.05, 0) is 19.1 Å². The van der Waals surface area contributed by atoms with Gasteiger partial charge in [-0.2, -0.15) is 4.98 Å². The van der Waals surface area contributed by atoms with Crippen LogP contribution in [0.4, 0.5) is 5.82 Å². The van der Waals surface area contributed by atoms with Crippen molar-refractivity contribution in [1.29, 1.82) is 0 Å². The Labute approximate surface area is 115 Å². The van der Waals surface area contributed by atoms with Gasteiger partial charge in [-0.3, -0.25) is 0 Å². The number of hydrogen-bond donors (Lipinski definition) is 1. The number of rotatable bonds is 4. The summed E-state index contributed by atoms with van der Waals surface area (Å²) >= 11 is 0. The number of nitrogens with two attached hydrogens (primary N) is 1. The number of nitrogens with zero attached hydrogens (tertiary/aromatic N) is 5. The summed E-state index contributed by atoms with van der Waals surface area (Å²) in [6, 6.07) is 3.77. The predicted molar refractivity (Wildman–Crippen MR) is 72.6 cm³/mol. The van der Waals surface area contributed by atoms with E-state index in [2.05, 4.69) is 20.1 Å². The van der Waals surface area contributed by atoms with Crippen LogP contribution < -0.4 is 5.73 Å². The van der Waals surface area contributed by atoms with Gasteiger partial charge in [-0.15, -0.1) is 0 Å². The Morgan fingerprint density at radius 1 is 1.40 bits per heavy atom. The normalized spacial score (nSPS) is 10.8. The molecule has 3 aromatic rings. The predicted octanol–water partition coefficient (Wildman–Crippen LogP) is 1.46. The van der Waals surface area contributed by atoms with E-state index in [9.17, 15) is 0 Å². The van der Waals surface area contributed by atoms with Crippen molar-refractivity contribution < 1.29 is 4.52 Å². The summed E-state index contributed by atoms with van der Waals surface area (Å²) in [6.07, 6.45) is 5.84. The molecule has 3 heterocycles. The fourth-order valence-corrected chi connectivity index (χ4v) is 2.01. The lowest BCUT2D eigenvalue weighted by atomic mass is 10.2. The summed E-state index contributed by atoms with van der Waals surface area (Å²) in [6.45, 7) is 2.48. The lowest BCUT2D eigenvalue weighted by Gasteiger charge is -2.08. The maximum atomic E-state index is 5.90. The molecule has 102 valence electrons. The fraction of sp³-hybridized carbons (Fsp3) is 0.231. The molecule has 3 rings (SSSR count). The van der Waals surface area contributed by atoms with Gasteiger partial charge in [0.2, 0.25) is 5.89 Å². The second-order valence-corrected chi connectivity index (χ2v) is 4.39. The molecule has 2 N–H and O–H groups in total. The van der Waals surface area contributed by atoms with Gasteiger partial charge in [0.15, 0.2) is 5.82 Å². The molecule has 0 aliphatic rings. The first-order chi connectivity index (χ1) is 9.74.